The zero-order chi connectivity index (χ0) is 12.3. The lowest BCUT2D eigenvalue weighted by Crippen LogP contribution is -2.33. The van der Waals surface area contributed by atoms with Gasteiger partial charge in [-0.2, -0.15) is 4.98 Å². The van der Waals surface area contributed by atoms with Crippen molar-refractivity contribution >= 4 is 18.3 Å². The van der Waals surface area contributed by atoms with Crippen LogP contribution in [0.4, 0.5) is 0 Å². The summed E-state index contributed by atoms with van der Waals surface area (Å²) in [6.45, 7) is 1.83. The van der Waals surface area contributed by atoms with Gasteiger partial charge in [0, 0.05) is 12.5 Å². The third-order valence-electron chi connectivity index (χ3n) is 3.31. The highest BCUT2D eigenvalue weighted by molar-refractivity contribution is 5.85. The number of nitrogens with one attached hydrogen (secondary N) is 1. The molecule has 1 fully saturated rings. The molecule has 18 heavy (non-hydrogen) atoms. The predicted octanol–water partition coefficient (Wildman–Crippen LogP) is 1.19. The Morgan fingerprint density at radius 3 is 3.00 bits per heavy atom. The number of rotatable bonds is 4. The number of amides is 1. The average molecular weight is 275 g/mol. The van der Waals surface area contributed by atoms with Crippen LogP contribution in [0.15, 0.2) is 10.9 Å². The maximum absolute atomic E-state index is 11.8. The molecule has 2 rings (SSSR count). The molecule has 1 unspecified atom stereocenters. The van der Waals surface area contributed by atoms with Crippen molar-refractivity contribution in [3.8, 4) is 0 Å². The van der Waals surface area contributed by atoms with E-state index < -0.39 is 0 Å². The van der Waals surface area contributed by atoms with E-state index in [2.05, 4.69) is 20.0 Å². The zero-order valence-corrected chi connectivity index (χ0v) is 11.2. The number of hydrogen-bond donors (Lipinski definition) is 2. The minimum atomic E-state index is -0.223. The summed E-state index contributed by atoms with van der Waals surface area (Å²) in [5, 5.41) is 6.54. The standard InChI is InChI=1S/C11H18N4O2.ClH/c1-7(11-13-6-17-15-11)14-10(16)5-8-3-2-4-9(8)12;/h6-9H,2-5,12H2,1H3,(H,14,16);1H/t7?,8-,9+;/m0./s1. The van der Waals surface area contributed by atoms with Crippen molar-refractivity contribution in [2.24, 2.45) is 11.7 Å². The first-order chi connectivity index (χ1) is 8.16. The Bertz CT molecular complexity index is 371. The van der Waals surface area contributed by atoms with Crippen molar-refractivity contribution in [2.45, 2.75) is 44.7 Å². The molecule has 3 N–H and O–H groups in total. The van der Waals surface area contributed by atoms with Gasteiger partial charge in [0.05, 0.1) is 6.04 Å². The van der Waals surface area contributed by atoms with Crippen LogP contribution < -0.4 is 11.1 Å². The van der Waals surface area contributed by atoms with Gasteiger partial charge in [-0.25, -0.2) is 0 Å². The average Bonchev–Trinajstić information content (AvgIpc) is 2.90. The summed E-state index contributed by atoms with van der Waals surface area (Å²) < 4.78 is 4.64. The molecule has 1 aliphatic carbocycles. The Morgan fingerprint density at radius 1 is 1.67 bits per heavy atom. The molecule has 0 radical (unpaired) electrons. The van der Waals surface area contributed by atoms with Gasteiger partial charge in [0.2, 0.25) is 12.3 Å². The van der Waals surface area contributed by atoms with Gasteiger partial charge in [0.1, 0.15) is 0 Å². The van der Waals surface area contributed by atoms with E-state index in [9.17, 15) is 4.79 Å². The summed E-state index contributed by atoms with van der Waals surface area (Å²) in [7, 11) is 0. The quantitative estimate of drug-likeness (QED) is 0.860. The highest BCUT2D eigenvalue weighted by Crippen LogP contribution is 2.26. The molecule has 1 aromatic heterocycles. The predicted molar refractivity (Wildman–Crippen MR) is 68.0 cm³/mol. The topological polar surface area (TPSA) is 94.0 Å². The van der Waals surface area contributed by atoms with E-state index in [1.165, 1.54) is 6.39 Å². The van der Waals surface area contributed by atoms with Gasteiger partial charge >= 0.3 is 0 Å². The van der Waals surface area contributed by atoms with E-state index in [0.717, 1.165) is 19.3 Å². The summed E-state index contributed by atoms with van der Waals surface area (Å²) in [6, 6.07) is -0.0555. The largest absolute Gasteiger partial charge is 0.346 e. The van der Waals surface area contributed by atoms with E-state index in [4.69, 9.17) is 5.73 Å². The molecule has 0 aromatic carbocycles. The van der Waals surface area contributed by atoms with E-state index in [-0.39, 0.29) is 30.4 Å². The third kappa shape index (κ3) is 3.68. The Balaban J connectivity index is 0.00000162. The Hall–Kier alpha value is -1.14. The SMILES string of the molecule is CC(NC(=O)C[C@@H]1CCC[C@H]1N)c1ncon1.Cl. The van der Waals surface area contributed by atoms with Gasteiger partial charge in [-0.3, -0.25) is 4.79 Å². The molecule has 1 heterocycles. The first-order valence-electron chi connectivity index (χ1n) is 5.98. The van der Waals surface area contributed by atoms with Crippen LogP contribution in [0.2, 0.25) is 0 Å². The number of hydrogen-bond acceptors (Lipinski definition) is 5. The summed E-state index contributed by atoms with van der Waals surface area (Å²) >= 11 is 0. The second-order valence-corrected chi connectivity index (χ2v) is 4.64. The fourth-order valence-electron chi connectivity index (χ4n) is 2.29. The van der Waals surface area contributed by atoms with Crippen LogP contribution in [0, 0.1) is 5.92 Å². The molecular formula is C11H19ClN4O2. The molecule has 3 atom stereocenters. The molecule has 0 spiro atoms. The Kier molecular flexibility index (Phi) is 5.55. The Labute approximate surface area is 112 Å². The summed E-state index contributed by atoms with van der Waals surface area (Å²) in [4.78, 5) is 15.7. The van der Waals surface area contributed by atoms with Crippen molar-refractivity contribution in [1.82, 2.24) is 15.5 Å². The molecule has 7 heteroatoms. The molecule has 6 nitrogen and oxygen atoms in total. The van der Waals surface area contributed by atoms with Crippen LogP contribution in [-0.4, -0.2) is 22.1 Å². The molecule has 0 aliphatic heterocycles. The van der Waals surface area contributed by atoms with Crippen LogP contribution in [0.25, 0.3) is 0 Å². The zero-order valence-electron chi connectivity index (χ0n) is 10.3. The third-order valence-corrected chi connectivity index (χ3v) is 3.31. The van der Waals surface area contributed by atoms with Crippen molar-refractivity contribution in [3.05, 3.63) is 12.2 Å². The van der Waals surface area contributed by atoms with Gasteiger partial charge in [-0.15, -0.1) is 12.4 Å². The van der Waals surface area contributed by atoms with Crippen LogP contribution in [0.5, 0.6) is 0 Å². The van der Waals surface area contributed by atoms with Crippen LogP contribution >= 0.6 is 12.4 Å². The lowest BCUT2D eigenvalue weighted by molar-refractivity contribution is -0.122. The smallest absolute Gasteiger partial charge is 0.220 e. The van der Waals surface area contributed by atoms with E-state index in [1.54, 1.807) is 0 Å². The maximum atomic E-state index is 11.8. The monoisotopic (exact) mass is 274 g/mol. The van der Waals surface area contributed by atoms with Crippen molar-refractivity contribution in [3.63, 3.8) is 0 Å². The summed E-state index contributed by atoms with van der Waals surface area (Å²) in [5.74, 6) is 0.811. The van der Waals surface area contributed by atoms with Crippen LogP contribution in [0.1, 0.15) is 44.5 Å². The van der Waals surface area contributed by atoms with Gasteiger partial charge < -0.3 is 15.6 Å². The second kappa shape index (κ2) is 6.70. The molecule has 0 saturated heterocycles. The van der Waals surface area contributed by atoms with Crippen LogP contribution in [0.3, 0.4) is 0 Å². The van der Waals surface area contributed by atoms with E-state index in [0.29, 0.717) is 18.2 Å². The second-order valence-electron chi connectivity index (χ2n) is 4.64. The van der Waals surface area contributed by atoms with Gasteiger partial charge in [0.15, 0.2) is 5.82 Å². The van der Waals surface area contributed by atoms with Crippen LogP contribution in [-0.2, 0) is 4.79 Å². The maximum Gasteiger partial charge on any atom is 0.220 e. The molecule has 1 saturated carbocycles. The highest BCUT2D eigenvalue weighted by Gasteiger charge is 2.26. The number of aromatic nitrogens is 2. The lowest BCUT2D eigenvalue weighted by Gasteiger charge is -2.16. The molecule has 1 aliphatic rings. The van der Waals surface area contributed by atoms with Crippen molar-refractivity contribution in [1.29, 1.82) is 0 Å². The molecular weight excluding hydrogens is 256 g/mol. The number of carbonyl (C=O) groups excluding carboxylic acids is 1. The molecule has 102 valence electrons. The normalized spacial score (nSPS) is 24.3. The van der Waals surface area contributed by atoms with Crippen molar-refractivity contribution in [2.75, 3.05) is 0 Å². The molecule has 0 bridgehead atoms. The summed E-state index contributed by atoms with van der Waals surface area (Å²) in [5.41, 5.74) is 5.93. The minimum absolute atomic E-state index is 0. The molecule has 1 aromatic rings. The first-order valence-corrected chi connectivity index (χ1v) is 5.98. The number of carbonyl (C=O) groups is 1. The number of halogens is 1. The minimum Gasteiger partial charge on any atom is -0.346 e. The number of nitrogens with two attached hydrogens (primary N) is 1. The van der Waals surface area contributed by atoms with Gasteiger partial charge in [-0.05, 0) is 25.7 Å². The van der Waals surface area contributed by atoms with E-state index in [1.807, 2.05) is 6.92 Å². The lowest BCUT2D eigenvalue weighted by atomic mass is 10.00. The highest BCUT2D eigenvalue weighted by atomic mass is 35.5. The van der Waals surface area contributed by atoms with Crippen molar-refractivity contribution < 1.29 is 9.32 Å². The Morgan fingerprint density at radius 2 is 2.44 bits per heavy atom. The fraction of sp³-hybridized carbons (Fsp3) is 0.727. The first kappa shape index (κ1) is 14.9. The number of nitrogens with zero attached hydrogens (tertiary/aromatic N) is 2. The van der Waals surface area contributed by atoms with Gasteiger partial charge in [0.25, 0.3) is 0 Å². The summed E-state index contributed by atoms with van der Waals surface area (Å²) in [6.07, 6.45) is 4.94. The fourth-order valence-corrected chi connectivity index (χ4v) is 2.29. The van der Waals surface area contributed by atoms with E-state index >= 15 is 0 Å². The molecule has 1 amide bonds. The van der Waals surface area contributed by atoms with Gasteiger partial charge in [-0.1, -0.05) is 11.6 Å².